The summed E-state index contributed by atoms with van der Waals surface area (Å²) in [5, 5.41) is 0. The van der Waals surface area contributed by atoms with E-state index >= 15 is 0 Å². The molecule has 0 atom stereocenters. The first-order valence-electron chi connectivity index (χ1n) is 4.88. The molecule has 1 amide bonds. The van der Waals surface area contributed by atoms with Crippen molar-refractivity contribution in [3.05, 3.63) is 30.3 Å². The molecule has 4 nitrogen and oxygen atoms in total. The Kier molecular flexibility index (Phi) is 4.12. The van der Waals surface area contributed by atoms with E-state index in [4.69, 9.17) is 10.5 Å². The van der Waals surface area contributed by atoms with Gasteiger partial charge in [0.05, 0.1) is 0 Å². The fraction of sp³-hybridized carbons (Fsp3) is 0.364. The van der Waals surface area contributed by atoms with Crippen LogP contribution >= 0.6 is 0 Å². The fourth-order valence-corrected chi connectivity index (χ4v) is 1.34. The van der Waals surface area contributed by atoms with E-state index < -0.39 is 6.09 Å². The molecule has 2 N–H and O–H groups in total. The van der Waals surface area contributed by atoms with Gasteiger partial charge in [-0.05, 0) is 26.0 Å². The first-order chi connectivity index (χ1) is 7.16. The van der Waals surface area contributed by atoms with Crippen molar-refractivity contribution in [1.82, 2.24) is 0 Å². The minimum absolute atomic E-state index is 0.0337. The van der Waals surface area contributed by atoms with Crippen LogP contribution in [0.2, 0.25) is 0 Å². The van der Waals surface area contributed by atoms with E-state index in [1.807, 2.05) is 44.2 Å². The van der Waals surface area contributed by atoms with Crippen LogP contribution in [0.3, 0.4) is 0 Å². The highest BCUT2D eigenvalue weighted by atomic mass is 16.6. The van der Waals surface area contributed by atoms with Crippen LogP contribution in [-0.4, -0.2) is 18.9 Å². The standard InChI is InChI=1S/C11H16N2O2/c1-9(2)13(11(14)15-8-12)10-6-4-3-5-7-10/h3-7,9H,8,12H2,1-2H3. The molecule has 15 heavy (non-hydrogen) atoms. The largest absolute Gasteiger partial charge is 0.433 e. The van der Waals surface area contributed by atoms with E-state index in [1.54, 1.807) is 4.90 Å². The first kappa shape index (κ1) is 11.5. The zero-order valence-electron chi connectivity index (χ0n) is 9.01. The quantitative estimate of drug-likeness (QED) is 0.772. The zero-order valence-corrected chi connectivity index (χ0v) is 9.01. The van der Waals surface area contributed by atoms with Crippen molar-refractivity contribution in [2.45, 2.75) is 19.9 Å². The van der Waals surface area contributed by atoms with Crippen LogP contribution in [-0.2, 0) is 4.74 Å². The molecule has 0 spiro atoms. The monoisotopic (exact) mass is 208 g/mol. The van der Waals surface area contributed by atoms with Crippen molar-refractivity contribution in [3.8, 4) is 0 Å². The molecule has 0 saturated heterocycles. The molecule has 0 unspecified atom stereocenters. The molecule has 0 bridgehead atoms. The van der Waals surface area contributed by atoms with Crippen LogP contribution in [0.15, 0.2) is 30.3 Å². The van der Waals surface area contributed by atoms with E-state index in [0.717, 1.165) is 5.69 Å². The Bertz CT molecular complexity index is 312. The summed E-state index contributed by atoms with van der Waals surface area (Å²) in [6.07, 6.45) is -0.418. The summed E-state index contributed by atoms with van der Waals surface area (Å²) < 4.78 is 4.78. The maximum absolute atomic E-state index is 11.6. The number of carbonyl (C=O) groups excluding carboxylic acids is 1. The van der Waals surface area contributed by atoms with Crippen LogP contribution in [0.5, 0.6) is 0 Å². The van der Waals surface area contributed by atoms with Gasteiger partial charge in [0, 0.05) is 11.7 Å². The average Bonchev–Trinajstić information content (AvgIpc) is 2.19. The van der Waals surface area contributed by atoms with E-state index in [2.05, 4.69) is 0 Å². The number of hydrogen-bond donors (Lipinski definition) is 1. The van der Waals surface area contributed by atoms with Crippen molar-refractivity contribution in [2.24, 2.45) is 5.73 Å². The second-order valence-electron chi connectivity index (χ2n) is 3.38. The van der Waals surface area contributed by atoms with E-state index in [1.165, 1.54) is 0 Å². The highest BCUT2D eigenvalue weighted by Gasteiger charge is 2.19. The van der Waals surface area contributed by atoms with Gasteiger partial charge in [-0.15, -0.1) is 0 Å². The Morgan fingerprint density at radius 1 is 1.40 bits per heavy atom. The molecular weight excluding hydrogens is 192 g/mol. The number of para-hydroxylation sites is 1. The SMILES string of the molecule is CC(C)N(C(=O)OCN)c1ccccc1. The van der Waals surface area contributed by atoms with Crippen molar-refractivity contribution in [2.75, 3.05) is 11.6 Å². The third kappa shape index (κ3) is 2.95. The molecule has 0 heterocycles. The topological polar surface area (TPSA) is 55.6 Å². The number of benzene rings is 1. The van der Waals surface area contributed by atoms with E-state index in [-0.39, 0.29) is 12.8 Å². The van der Waals surface area contributed by atoms with Gasteiger partial charge in [0.25, 0.3) is 0 Å². The summed E-state index contributed by atoms with van der Waals surface area (Å²) in [7, 11) is 0. The average molecular weight is 208 g/mol. The van der Waals surface area contributed by atoms with Gasteiger partial charge in [-0.25, -0.2) is 4.79 Å². The van der Waals surface area contributed by atoms with Gasteiger partial charge in [0.15, 0.2) is 0 Å². The normalized spacial score (nSPS) is 10.1. The van der Waals surface area contributed by atoms with Crippen LogP contribution in [0.25, 0.3) is 0 Å². The van der Waals surface area contributed by atoms with Gasteiger partial charge in [0.1, 0.15) is 6.73 Å². The summed E-state index contributed by atoms with van der Waals surface area (Å²) in [6, 6.07) is 9.40. The van der Waals surface area contributed by atoms with Crippen LogP contribution < -0.4 is 10.6 Å². The number of rotatable bonds is 3. The predicted molar refractivity (Wildman–Crippen MR) is 59.6 cm³/mol. The van der Waals surface area contributed by atoms with Gasteiger partial charge in [-0.3, -0.25) is 10.6 Å². The Balaban J connectivity index is 2.88. The molecule has 0 aliphatic heterocycles. The van der Waals surface area contributed by atoms with Gasteiger partial charge >= 0.3 is 6.09 Å². The first-order valence-corrected chi connectivity index (χ1v) is 4.88. The number of hydrogen-bond acceptors (Lipinski definition) is 3. The molecule has 1 aromatic rings. The summed E-state index contributed by atoms with van der Waals surface area (Å²) in [4.78, 5) is 13.2. The van der Waals surface area contributed by atoms with Crippen molar-refractivity contribution in [1.29, 1.82) is 0 Å². The lowest BCUT2D eigenvalue weighted by Gasteiger charge is -2.25. The molecule has 0 saturated carbocycles. The molecule has 1 aromatic carbocycles. The maximum Gasteiger partial charge on any atom is 0.415 e. The predicted octanol–water partition coefficient (Wildman–Crippen LogP) is 1.95. The number of amides is 1. The Morgan fingerprint density at radius 2 is 2.00 bits per heavy atom. The fourth-order valence-electron chi connectivity index (χ4n) is 1.34. The molecule has 0 fully saturated rings. The number of nitrogens with zero attached hydrogens (tertiary/aromatic N) is 1. The number of anilines is 1. The van der Waals surface area contributed by atoms with Gasteiger partial charge in [0.2, 0.25) is 0 Å². The Morgan fingerprint density at radius 3 is 2.47 bits per heavy atom. The molecule has 0 radical (unpaired) electrons. The maximum atomic E-state index is 11.6. The van der Waals surface area contributed by atoms with E-state index in [9.17, 15) is 4.79 Å². The molecule has 4 heteroatoms. The van der Waals surface area contributed by atoms with Gasteiger partial charge < -0.3 is 4.74 Å². The molecule has 0 aliphatic carbocycles. The van der Waals surface area contributed by atoms with Crippen molar-refractivity contribution < 1.29 is 9.53 Å². The minimum Gasteiger partial charge on any atom is -0.433 e. The van der Waals surface area contributed by atoms with E-state index in [0.29, 0.717) is 0 Å². The van der Waals surface area contributed by atoms with Crippen LogP contribution in [0, 0.1) is 0 Å². The highest BCUT2D eigenvalue weighted by molar-refractivity contribution is 5.88. The molecule has 1 rings (SSSR count). The number of carbonyl (C=O) groups is 1. The van der Waals surface area contributed by atoms with Gasteiger partial charge in [-0.2, -0.15) is 0 Å². The van der Waals surface area contributed by atoms with Gasteiger partial charge in [-0.1, -0.05) is 18.2 Å². The van der Waals surface area contributed by atoms with Crippen LogP contribution in [0.1, 0.15) is 13.8 Å². The summed E-state index contributed by atoms with van der Waals surface area (Å²) >= 11 is 0. The molecule has 82 valence electrons. The third-order valence-corrected chi connectivity index (χ3v) is 1.95. The second-order valence-corrected chi connectivity index (χ2v) is 3.38. The van der Waals surface area contributed by atoms with Crippen molar-refractivity contribution in [3.63, 3.8) is 0 Å². The van der Waals surface area contributed by atoms with Crippen LogP contribution in [0.4, 0.5) is 10.5 Å². The number of ether oxygens (including phenoxy) is 1. The Hall–Kier alpha value is -1.55. The smallest absolute Gasteiger partial charge is 0.415 e. The second kappa shape index (κ2) is 5.36. The summed E-state index contributed by atoms with van der Waals surface area (Å²) in [5.41, 5.74) is 5.99. The molecule has 0 aromatic heterocycles. The summed E-state index contributed by atoms with van der Waals surface area (Å²) in [5.74, 6) is 0. The lowest BCUT2D eigenvalue weighted by atomic mass is 10.2. The zero-order chi connectivity index (χ0) is 11.3. The third-order valence-electron chi connectivity index (χ3n) is 1.95. The minimum atomic E-state index is -0.418. The molecule has 0 aliphatic rings. The Labute approximate surface area is 89.6 Å². The molecular formula is C11H16N2O2. The number of nitrogens with two attached hydrogens (primary N) is 1. The lowest BCUT2D eigenvalue weighted by molar-refractivity contribution is 0.155. The highest BCUT2D eigenvalue weighted by Crippen LogP contribution is 2.17. The van der Waals surface area contributed by atoms with Crippen molar-refractivity contribution >= 4 is 11.8 Å². The lowest BCUT2D eigenvalue weighted by Crippen LogP contribution is -2.38. The summed E-state index contributed by atoms with van der Waals surface area (Å²) in [6.45, 7) is 3.74.